The molecule has 0 bridgehead atoms. The zero-order chi connectivity index (χ0) is 59.4. The van der Waals surface area contributed by atoms with Gasteiger partial charge in [0.05, 0.1) is 37.6 Å². The van der Waals surface area contributed by atoms with Crippen molar-refractivity contribution in [3.63, 3.8) is 0 Å². The summed E-state index contributed by atoms with van der Waals surface area (Å²) in [4.78, 5) is 0. The van der Waals surface area contributed by atoms with E-state index >= 15 is 0 Å². The molecule has 0 unspecified atom stereocenters. The summed E-state index contributed by atoms with van der Waals surface area (Å²) in [7, 11) is 0. The predicted molar refractivity (Wildman–Crippen MR) is 366 cm³/mol. The second-order valence-corrected chi connectivity index (χ2v) is 23.9. The Bertz CT molecular complexity index is 2410. The van der Waals surface area contributed by atoms with E-state index < -0.39 is 0 Å². The summed E-state index contributed by atoms with van der Waals surface area (Å²) < 4.78 is 26.3. The molecule has 84 heavy (non-hydrogen) atoms. The molecule has 462 valence electrons. The van der Waals surface area contributed by atoms with E-state index in [1.54, 1.807) is 0 Å². The number of unbranched alkanes of at least 4 members (excludes halogenated alkanes) is 36. The molecule has 4 nitrogen and oxygen atoms in total. The van der Waals surface area contributed by atoms with Crippen LogP contribution in [-0.2, 0) is 0 Å². The van der Waals surface area contributed by atoms with Crippen LogP contribution in [0.4, 0.5) is 0 Å². The van der Waals surface area contributed by atoms with Crippen LogP contribution in [0.2, 0.25) is 0 Å². The van der Waals surface area contributed by atoms with E-state index in [2.05, 4.69) is 131 Å². The lowest BCUT2D eigenvalue weighted by atomic mass is 10.1. The number of hydrogen-bond donors (Lipinski definition) is 0. The maximum atomic E-state index is 6.64. The summed E-state index contributed by atoms with van der Waals surface area (Å²) in [6.07, 6.45) is 57.9. The molecule has 4 aromatic rings. The summed E-state index contributed by atoms with van der Waals surface area (Å²) in [5.74, 6) is 17.2. The summed E-state index contributed by atoms with van der Waals surface area (Å²) in [5.41, 5.74) is 6.66. The maximum Gasteiger partial charge on any atom is 0.136 e. The fourth-order valence-corrected chi connectivity index (χ4v) is 10.9. The molecule has 0 aliphatic carbocycles. The van der Waals surface area contributed by atoms with Gasteiger partial charge in [0.15, 0.2) is 0 Å². The molecule has 0 saturated heterocycles. The molecule has 0 heterocycles. The Kier molecular flexibility index (Phi) is 42.3. The lowest BCUT2D eigenvalue weighted by Gasteiger charge is -2.15. The van der Waals surface area contributed by atoms with Crippen molar-refractivity contribution in [3.05, 3.63) is 124 Å². The van der Waals surface area contributed by atoms with Crippen LogP contribution in [0.15, 0.2) is 85.4 Å². The van der Waals surface area contributed by atoms with Gasteiger partial charge in [0.25, 0.3) is 0 Å². The predicted octanol–water partition coefficient (Wildman–Crippen LogP) is 24.5. The van der Waals surface area contributed by atoms with Crippen LogP contribution in [0.1, 0.15) is 323 Å². The zero-order valence-corrected chi connectivity index (χ0v) is 54.2. The van der Waals surface area contributed by atoms with Crippen molar-refractivity contribution in [3.8, 4) is 46.7 Å². The second-order valence-electron chi connectivity index (χ2n) is 23.9. The summed E-state index contributed by atoms with van der Waals surface area (Å²) >= 11 is 0. The molecule has 4 heteroatoms. The lowest BCUT2D eigenvalue weighted by molar-refractivity contribution is 0.295. The van der Waals surface area contributed by atoms with Crippen molar-refractivity contribution in [2.75, 3.05) is 26.4 Å². The number of rotatable bonds is 51. The fourth-order valence-electron chi connectivity index (χ4n) is 10.9. The van der Waals surface area contributed by atoms with Crippen LogP contribution in [0.3, 0.4) is 0 Å². The minimum atomic E-state index is 0.645. The third kappa shape index (κ3) is 34.0. The van der Waals surface area contributed by atoms with Crippen molar-refractivity contribution < 1.29 is 18.9 Å². The maximum absolute atomic E-state index is 6.64. The number of ether oxygens (including phenoxy) is 4. The molecule has 0 fully saturated rings. The van der Waals surface area contributed by atoms with Gasteiger partial charge in [0.2, 0.25) is 0 Å². The van der Waals surface area contributed by atoms with Gasteiger partial charge in [-0.3, -0.25) is 0 Å². The Morgan fingerprint density at radius 1 is 0.298 bits per heavy atom. The Hall–Kier alpha value is -5.32. The number of benzene rings is 4. The molecule has 4 aromatic carbocycles. The molecule has 0 spiro atoms. The quantitative estimate of drug-likeness (QED) is 0.0251. The van der Waals surface area contributed by atoms with Crippen LogP contribution < -0.4 is 18.9 Å². The Balaban J connectivity index is 1.51. The van der Waals surface area contributed by atoms with Gasteiger partial charge in [0.1, 0.15) is 23.0 Å². The van der Waals surface area contributed by atoms with Gasteiger partial charge in [-0.05, 0) is 67.6 Å². The molecule has 4 rings (SSSR count). The SMILES string of the molecule is C=Cc1cc(OCCCCCCCCCCCC)c(/C=C/c2ccc(C#Cc3cc(OCCCCCCCCCCCC)c(C#Cc4ccccc4)cc3OCCCCCCCCCCCC)cc2)cc1OCCCCCCCCCCCC. The van der Waals surface area contributed by atoms with E-state index in [1.807, 2.05) is 24.3 Å². The minimum absolute atomic E-state index is 0.645. The van der Waals surface area contributed by atoms with Crippen LogP contribution >= 0.6 is 0 Å². The van der Waals surface area contributed by atoms with Gasteiger partial charge in [-0.25, -0.2) is 0 Å². The van der Waals surface area contributed by atoms with Gasteiger partial charge in [-0.15, -0.1) is 0 Å². The molecule has 0 amide bonds. The first kappa shape index (κ1) is 71.2. The third-order valence-electron chi connectivity index (χ3n) is 16.3. The highest BCUT2D eigenvalue weighted by molar-refractivity contribution is 5.76. The highest BCUT2D eigenvalue weighted by Crippen LogP contribution is 2.33. The van der Waals surface area contributed by atoms with Crippen LogP contribution in [0, 0.1) is 23.7 Å². The normalized spacial score (nSPS) is 11.1. The first-order valence-electron chi connectivity index (χ1n) is 34.9. The monoisotopic (exact) mass is 1140 g/mol. The van der Waals surface area contributed by atoms with Crippen LogP contribution in [0.5, 0.6) is 23.0 Å². The van der Waals surface area contributed by atoms with Crippen molar-refractivity contribution in [1.29, 1.82) is 0 Å². The zero-order valence-electron chi connectivity index (χ0n) is 54.2. The number of hydrogen-bond acceptors (Lipinski definition) is 4. The average molecular weight is 1140 g/mol. The van der Waals surface area contributed by atoms with Crippen molar-refractivity contribution in [2.24, 2.45) is 0 Å². The first-order chi connectivity index (χ1) is 41.6. The third-order valence-corrected chi connectivity index (χ3v) is 16.3. The van der Waals surface area contributed by atoms with Gasteiger partial charge >= 0.3 is 0 Å². The van der Waals surface area contributed by atoms with Gasteiger partial charge < -0.3 is 18.9 Å². The molecule has 0 atom stereocenters. The van der Waals surface area contributed by atoms with E-state index in [4.69, 9.17) is 18.9 Å². The standard InChI is InChI=1S/C80H118O4/c1-6-11-15-19-23-27-31-35-39-46-62-81-77-67-74(78(66-73(77)10-5)82-63-47-40-36-32-28-24-20-16-12-7-2)60-57-71-52-54-72(55-53-71)58-61-76-69-79(83-64-48-41-37-33-29-25-21-17-13-8-3)75(59-56-70-50-44-43-45-51-70)68-80(76)84-65-49-42-38-34-30-26-22-18-14-9-4/h10,43-45,50-55,57,60,66-69H,5-9,11-42,46-49,62-65H2,1-4H3/b60-57+. The highest BCUT2D eigenvalue weighted by Gasteiger charge is 2.13. The summed E-state index contributed by atoms with van der Waals surface area (Å²) in [5, 5.41) is 0. The van der Waals surface area contributed by atoms with E-state index in [0.29, 0.717) is 26.4 Å². The first-order valence-corrected chi connectivity index (χ1v) is 34.9. The molecular formula is C80H118O4. The Morgan fingerprint density at radius 3 is 0.940 bits per heavy atom. The molecule has 0 saturated carbocycles. The molecule has 0 aliphatic rings. The highest BCUT2D eigenvalue weighted by atomic mass is 16.5. The van der Waals surface area contributed by atoms with E-state index in [0.717, 1.165) is 87.6 Å². The van der Waals surface area contributed by atoms with Crippen molar-refractivity contribution >= 4 is 18.2 Å². The smallest absolute Gasteiger partial charge is 0.136 e. The lowest BCUT2D eigenvalue weighted by Crippen LogP contribution is -2.03. The van der Waals surface area contributed by atoms with Crippen molar-refractivity contribution in [2.45, 2.75) is 285 Å². The van der Waals surface area contributed by atoms with Crippen LogP contribution in [0.25, 0.3) is 18.2 Å². The molecule has 0 N–H and O–H groups in total. The average Bonchev–Trinajstić information content (AvgIpc) is 3.66. The Morgan fingerprint density at radius 2 is 0.595 bits per heavy atom. The summed E-state index contributed by atoms with van der Waals surface area (Å²) in [6.45, 7) is 16.0. The largest absolute Gasteiger partial charge is 0.493 e. The molecule has 0 aromatic heterocycles. The fraction of sp³-hybridized carbons (Fsp3) is 0.600. The van der Waals surface area contributed by atoms with Gasteiger partial charge in [0, 0.05) is 34.4 Å². The van der Waals surface area contributed by atoms with Gasteiger partial charge in [-0.1, -0.05) is 338 Å². The topological polar surface area (TPSA) is 36.9 Å². The Labute approximate surface area is 516 Å². The second kappa shape index (κ2) is 49.9. The summed E-state index contributed by atoms with van der Waals surface area (Å²) in [6, 6.07) is 27.2. The van der Waals surface area contributed by atoms with Crippen LogP contribution in [-0.4, -0.2) is 26.4 Å². The molecule has 0 radical (unpaired) electrons. The van der Waals surface area contributed by atoms with E-state index in [9.17, 15) is 0 Å². The van der Waals surface area contributed by atoms with Gasteiger partial charge in [-0.2, -0.15) is 0 Å². The van der Waals surface area contributed by atoms with E-state index in [-0.39, 0.29) is 0 Å². The minimum Gasteiger partial charge on any atom is -0.493 e. The molecule has 0 aliphatic heterocycles. The van der Waals surface area contributed by atoms with E-state index in [1.165, 1.54) is 231 Å². The van der Waals surface area contributed by atoms with Crippen molar-refractivity contribution in [1.82, 2.24) is 0 Å². The molecular weight excluding hydrogens is 1020 g/mol.